The maximum Gasteiger partial charge on any atom is 0.338 e. The van der Waals surface area contributed by atoms with E-state index in [1.54, 1.807) is 44.2 Å². The van der Waals surface area contributed by atoms with Gasteiger partial charge in [0.25, 0.3) is 0 Å². The van der Waals surface area contributed by atoms with Crippen molar-refractivity contribution in [3.05, 3.63) is 48.0 Å². The molecule has 0 aromatic heterocycles. The first kappa shape index (κ1) is 24.9. The van der Waals surface area contributed by atoms with Crippen LogP contribution in [0.3, 0.4) is 0 Å². The van der Waals surface area contributed by atoms with Gasteiger partial charge in [0, 0.05) is 7.11 Å². The van der Waals surface area contributed by atoms with Gasteiger partial charge in [0.2, 0.25) is 0 Å². The number of benzene rings is 1. The summed E-state index contributed by atoms with van der Waals surface area (Å²) < 4.78 is 28.1. The second-order valence-electron chi connectivity index (χ2n) is 8.25. The van der Waals surface area contributed by atoms with Crippen LogP contribution in [0.5, 0.6) is 0 Å². The summed E-state index contributed by atoms with van der Waals surface area (Å²) in [5, 5.41) is 9.94. The highest BCUT2D eigenvalue weighted by atomic mass is 16.7. The normalized spacial score (nSPS) is 33.0. The Morgan fingerprint density at radius 1 is 1.00 bits per heavy atom. The molecule has 0 bridgehead atoms. The molecule has 1 aromatic carbocycles. The first-order chi connectivity index (χ1) is 15.8. The van der Waals surface area contributed by atoms with Crippen molar-refractivity contribution in [2.45, 2.75) is 57.4 Å². The Hall–Kier alpha value is -2.75. The fourth-order valence-corrected chi connectivity index (χ4v) is 3.68. The minimum atomic E-state index is -1.25. The number of hydrogen-bond donors (Lipinski definition) is 1. The number of fused-ring (bicyclic) bond motifs is 1. The summed E-state index contributed by atoms with van der Waals surface area (Å²) >= 11 is 0. The average Bonchev–Trinajstić information content (AvgIpc) is 2.83. The van der Waals surface area contributed by atoms with Gasteiger partial charge >= 0.3 is 17.9 Å². The highest BCUT2D eigenvalue weighted by Crippen LogP contribution is 2.31. The fourth-order valence-electron chi connectivity index (χ4n) is 3.68. The molecule has 9 heteroatoms. The molecule has 9 nitrogen and oxygen atoms in total. The van der Waals surface area contributed by atoms with E-state index >= 15 is 0 Å². The summed E-state index contributed by atoms with van der Waals surface area (Å²) in [7, 11) is 1.34. The zero-order valence-corrected chi connectivity index (χ0v) is 18.9. The number of aliphatic hydroxyl groups is 1. The number of rotatable bonds is 4. The number of methoxy groups -OCH3 is 1. The van der Waals surface area contributed by atoms with Gasteiger partial charge in [-0.05, 0) is 25.0 Å². The Bertz CT molecular complexity index is 853. The lowest BCUT2D eigenvalue weighted by atomic mass is 9.96. The molecule has 0 aliphatic carbocycles. The van der Waals surface area contributed by atoms with E-state index in [0.29, 0.717) is 12.8 Å². The van der Waals surface area contributed by atoms with Crippen LogP contribution in [-0.2, 0) is 33.3 Å². The van der Waals surface area contributed by atoms with Crippen LogP contribution in [0.2, 0.25) is 0 Å². The molecule has 1 aromatic rings. The standard InChI is InChI=1S/C24H30O9/c1-14-9-7-8-10-15(2)22(27)33-20-19(32-21(14)26)18(17(13-25)30-24(20)29-3)31-23(28)16-11-5-4-6-12-16/h4-8,11-12,14-15,17-20,24-25H,9-10,13H2,1-3H3/t14-,15-,17-,18-,19+,20+,24+/m1/s1. The number of esters is 3. The maximum atomic E-state index is 12.8. The van der Waals surface area contributed by atoms with Gasteiger partial charge in [-0.25, -0.2) is 4.79 Å². The van der Waals surface area contributed by atoms with Gasteiger partial charge in [-0.3, -0.25) is 9.59 Å². The van der Waals surface area contributed by atoms with Crippen LogP contribution in [0.1, 0.15) is 37.0 Å². The second-order valence-corrected chi connectivity index (χ2v) is 8.25. The molecule has 1 fully saturated rings. The quantitative estimate of drug-likeness (QED) is 0.407. The number of carbonyl (C=O) groups is 3. The smallest absolute Gasteiger partial charge is 0.338 e. The lowest BCUT2D eigenvalue weighted by molar-refractivity contribution is -0.301. The molecule has 2 aliphatic heterocycles. The van der Waals surface area contributed by atoms with Crippen LogP contribution in [0.25, 0.3) is 0 Å². The Kier molecular flexibility index (Phi) is 8.60. The highest BCUT2D eigenvalue weighted by molar-refractivity contribution is 5.89. The van der Waals surface area contributed by atoms with E-state index in [2.05, 4.69) is 0 Å². The molecule has 2 aliphatic rings. The first-order valence-corrected chi connectivity index (χ1v) is 11.0. The van der Waals surface area contributed by atoms with Crippen LogP contribution in [0.15, 0.2) is 42.5 Å². The number of hydrogen-bond acceptors (Lipinski definition) is 9. The highest BCUT2D eigenvalue weighted by Gasteiger charge is 2.53. The van der Waals surface area contributed by atoms with E-state index in [4.69, 9.17) is 23.7 Å². The van der Waals surface area contributed by atoms with E-state index in [1.165, 1.54) is 7.11 Å². The molecule has 180 valence electrons. The number of carbonyl (C=O) groups excluding carboxylic acids is 3. The van der Waals surface area contributed by atoms with Crippen molar-refractivity contribution in [3.8, 4) is 0 Å². The van der Waals surface area contributed by atoms with Crippen LogP contribution >= 0.6 is 0 Å². The SMILES string of the molecule is CO[C@H]1O[C@H](CO)[C@@H](OC(=O)c2ccccc2)[C@@H]2OC(=O)[C@H](C)CC=CC[C@@H](C)C(=O)O[C@H]12. The third-order valence-corrected chi connectivity index (χ3v) is 5.71. The largest absolute Gasteiger partial charge is 0.454 e. The summed E-state index contributed by atoms with van der Waals surface area (Å²) in [4.78, 5) is 38.4. The van der Waals surface area contributed by atoms with E-state index < -0.39 is 67.1 Å². The first-order valence-electron chi connectivity index (χ1n) is 11.0. The fraction of sp³-hybridized carbons (Fsp3) is 0.542. The van der Waals surface area contributed by atoms with Crippen molar-refractivity contribution in [2.75, 3.05) is 13.7 Å². The summed E-state index contributed by atoms with van der Waals surface area (Å²) in [6, 6.07) is 8.24. The molecule has 1 N–H and O–H groups in total. The third-order valence-electron chi connectivity index (χ3n) is 5.71. The van der Waals surface area contributed by atoms with Gasteiger partial charge in [0.1, 0.15) is 6.10 Å². The molecule has 0 radical (unpaired) electrons. The van der Waals surface area contributed by atoms with Crippen molar-refractivity contribution >= 4 is 17.9 Å². The predicted octanol–water partition coefficient (Wildman–Crippen LogP) is 2.02. The number of aliphatic hydroxyl groups excluding tert-OH is 1. The Morgan fingerprint density at radius 2 is 1.58 bits per heavy atom. The number of ether oxygens (including phenoxy) is 5. The van der Waals surface area contributed by atoms with Crippen molar-refractivity contribution in [2.24, 2.45) is 11.8 Å². The van der Waals surface area contributed by atoms with Crippen LogP contribution < -0.4 is 0 Å². The molecular formula is C24H30O9. The molecule has 33 heavy (non-hydrogen) atoms. The second kappa shape index (κ2) is 11.4. The summed E-state index contributed by atoms with van der Waals surface area (Å²) in [5.74, 6) is -2.76. The molecule has 0 amide bonds. The Morgan fingerprint density at radius 3 is 2.12 bits per heavy atom. The molecular weight excluding hydrogens is 432 g/mol. The van der Waals surface area contributed by atoms with Crippen LogP contribution in [0, 0.1) is 11.8 Å². The molecule has 0 spiro atoms. The zero-order valence-electron chi connectivity index (χ0n) is 18.9. The van der Waals surface area contributed by atoms with Crippen LogP contribution in [0.4, 0.5) is 0 Å². The molecule has 0 unspecified atom stereocenters. The van der Waals surface area contributed by atoms with Gasteiger partial charge < -0.3 is 28.8 Å². The molecule has 1 saturated heterocycles. The van der Waals surface area contributed by atoms with Gasteiger partial charge in [-0.1, -0.05) is 44.2 Å². The third kappa shape index (κ3) is 5.98. The summed E-state index contributed by atoms with van der Waals surface area (Å²) in [6.45, 7) is 2.89. The zero-order chi connectivity index (χ0) is 24.0. The topological polar surface area (TPSA) is 118 Å². The van der Waals surface area contributed by atoms with E-state index in [1.807, 2.05) is 12.2 Å². The van der Waals surface area contributed by atoms with Crippen molar-refractivity contribution in [3.63, 3.8) is 0 Å². The average molecular weight is 462 g/mol. The van der Waals surface area contributed by atoms with Crippen molar-refractivity contribution in [1.29, 1.82) is 0 Å². The van der Waals surface area contributed by atoms with Gasteiger partial charge in [-0.15, -0.1) is 0 Å². The van der Waals surface area contributed by atoms with E-state index in [9.17, 15) is 19.5 Å². The lowest BCUT2D eigenvalue weighted by Gasteiger charge is -2.44. The molecule has 3 rings (SSSR count). The summed E-state index contributed by atoms with van der Waals surface area (Å²) in [6.07, 6.45) is -1.41. The van der Waals surface area contributed by atoms with Gasteiger partial charge in [-0.2, -0.15) is 0 Å². The predicted molar refractivity (Wildman–Crippen MR) is 115 cm³/mol. The Balaban J connectivity index is 1.97. The maximum absolute atomic E-state index is 12.8. The molecule has 0 saturated carbocycles. The molecule has 7 atom stereocenters. The summed E-state index contributed by atoms with van der Waals surface area (Å²) in [5.41, 5.74) is 0.267. The van der Waals surface area contributed by atoms with E-state index in [0.717, 1.165) is 0 Å². The minimum absolute atomic E-state index is 0.267. The number of allylic oxidation sites excluding steroid dienone is 2. The van der Waals surface area contributed by atoms with Crippen LogP contribution in [-0.4, -0.2) is 67.4 Å². The van der Waals surface area contributed by atoms with Gasteiger partial charge in [0.05, 0.1) is 24.0 Å². The van der Waals surface area contributed by atoms with E-state index in [-0.39, 0.29) is 5.56 Å². The lowest BCUT2D eigenvalue weighted by Crippen LogP contribution is -2.63. The molecule has 2 heterocycles. The van der Waals surface area contributed by atoms with Crippen molar-refractivity contribution in [1.82, 2.24) is 0 Å². The van der Waals surface area contributed by atoms with Crippen molar-refractivity contribution < 1.29 is 43.2 Å². The minimum Gasteiger partial charge on any atom is -0.454 e. The monoisotopic (exact) mass is 462 g/mol. The Labute approximate surface area is 192 Å². The van der Waals surface area contributed by atoms with Gasteiger partial charge in [0.15, 0.2) is 24.6 Å².